The van der Waals surface area contributed by atoms with Crippen LogP contribution < -0.4 is 0 Å². The van der Waals surface area contributed by atoms with E-state index in [1.165, 1.54) is 0 Å². The van der Waals surface area contributed by atoms with Crippen LogP contribution in [0.25, 0.3) is 0 Å². The predicted octanol–water partition coefficient (Wildman–Crippen LogP) is 5.99. The highest BCUT2D eigenvalue weighted by Gasteiger charge is 2.35. The Balaban J connectivity index is 0.000000211. The summed E-state index contributed by atoms with van der Waals surface area (Å²) in [4.78, 5) is 24.2. The molecule has 0 aromatic heterocycles. The number of phenols is 4. The lowest BCUT2D eigenvalue weighted by atomic mass is 9.73. The maximum atomic E-state index is 12.1. The molecule has 0 unspecified atom stereocenters. The molecule has 0 aliphatic heterocycles. The van der Waals surface area contributed by atoms with E-state index in [1.54, 1.807) is 111 Å². The number of carbonyl (C=O) groups is 2. The number of hydrogen-bond acceptors (Lipinski definition) is 6. The summed E-state index contributed by atoms with van der Waals surface area (Å²) in [5, 5.41) is 37.4. The normalized spacial score (nSPS) is 11.3. The Labute approximate surface area is 222 Å². The largest absolute Gasteiger partial charge is 0.508 e. The van der Waals surface area contributed by atoms with Crippen LogP contribution in [0, 0.1) is 0 Å². The van der Waals surface area contributed by atoms with Crippen molar-refractivity contribution in [2.24, 2.45) is 0 Å². The molecule has 6 nitrogen and oxygen atoms in total. The van der Waals surface area contributed by atoms with Gasteiger partial charge in [-0.2, -0.15) is 0 Å². The molecular weight excluding hydrogens is 480 g/mol. The van der Waals surface area contributed by atoms with Gasteiger partial charge in [-0.3, -0.25) is 9.59 Å². The van der Waals surface area contributed by atoms with Crippen molar-refractivity contribution in [2.75, 3.05) is 0 Å². The van der Waals surface area contributed by atoms with Gasteiger partial charge in [0.2, 0.25) is 0 Å². The van der Waals surface area contributed by atoms with Crippen LogP contribution in [0.2, 0.25) is 0 Å². The number of hydrogen-bond donors (Lipinski definition) is 4. The molecule has 0 fully saturated rings. The lowest BCUT2D eigenvalue weighted by molar-refractivity contribution is -0.121. The Morgan fingerprint density at radius 1 is 0.421 bits per heavy atom. The zero-order valence-electron chi connectivity index (χ0n) is 21.8. The third kappa shape index (κ3) is 5.70. The van der Waals surface area contributed by atoms with Crippen LogP contribution in [0.3, 0.4) is 0 Å². The van der Waals surface area contributed by atoms with Gasteiger partial charge in [0.1, 0.15) is 34.6 Å². The highest BCUT2D eigenvalue weighted by atomic mass is 16.3. The van der Waals surface area contributed by atoms with Crippen LogP contribution in [-0.4, -0.2) is 32.0 Å². The van der Waals surface area contributed by atoms with E-state index in [9.17, 15) is 30.0 Å². The van der Waals surface area contributed by atoms with Crippen molar-refractivity contribution in [1.29, 1.82) is 0 Å². The SMILES string of the molecule is CC(=O)C(C)(c1ccc(O)cc1)c1ccc(O)cc1.CC(=O)C(C)(c1ccc(O)cc1)c1ccc(O)cc1. The molecule has 6 heteroatoms. The first-order valence-electron chi connectivity index (χ1n) is 12.1. The first-order chi connectivity index (χ1) is 17.9. The van der Waals surface area contributed by atoms with Crippen LogP contribution in [0.4, 0.5) is 0 Å². The Bertz CT molecular complexity index is 1180. The second-order valence-corrected chi connectivity index (χ2v) is 9.55. The second-order valence-electron chi connectivity index (χ2n) is 9.55. The molecule has 0 aliphatic rings. The average molecular weight is 513 g/mol. The van der Waals surface area contributed by atoms with Gasteiger partial charge in [-0.1, -0.05) is 48.5 Å². The molecule has 0 spiro atoms. The van der Waals surface area contributed by atoms with Crippen molar-refractivity contribution in [3.8, 4) is 23.0 Å². The number of rotatable bonds is 6. The summed E-state index contributed by atoms with van der Waals surface area (Å²) < 4.78 is 0. The summed E-state index contributed by atoms with van der Waals surface area (Å²) in [6.07, 6.45) is 0. The summed E-state index contributed by atoms with van der Waals surface area (Å²) in [5.74, 6) is 0.675. The smallest absolute Gasteiger partial charge is 0.144 e. The van der Waals surface area contributed by atoms with Gasteiger partial charge in [0, 0.05) is 0 Å². The number of phenolic OH excluding ortho intramolecular Hbond substituents is 4. The van der Waals surface area contributed by atoms with Crippen molar-refractivity contribution in [2.45, 2.75) is 38.5 Å². The van der Waals surface area contributed by atoms with Crippen molar-refractivity contribution >= 4 is 11.6 Å². The van der Waals surface area contributed by atoms with Crippen LogP contribution >= 0.6 is 0 Å². The second kappa shape index (κ2) is 11.2. The summed E-state index contributed by atoms with van der Waals surface area (Å²) in [5.41, 5.74) is 1.65. The summed E-state index contributed by atoms with van der Waals surface area (Å²) in [6, 6.07) is 26.4. The lowest BCUT2D eigenvalue weighted by Gasteiger charge is -2.28. The molecule has 4 N–H and O–H groups in total. The molecule has 4 aromatic rings. The van der Waals surface area contributed by atoms with Crippen LogP contribution in [-0.2, 0) is 20.4 Å². The molecule has 0 radical (unpaired) electrons. The van der Waals surface area contributed by atoms with Gasteiger partial charge in [0.15, 0.2) is 0 Å². The molecule has 0 saturated carbocycles. The number of carbonyl (C=O) groups excluding carboxylic acids is 2. The third-order valence-electron chi connectivity index (χ3n) is 7.19. The number of aromatic hydroxyl groups is 4. The number of benzene rings is 4. The maximum Gasteiger partial charge on any atom is 0.144 e. The molecule has 0 heterocycles. The minimum absolute atomic E-state index is 0.00359. The molecule has 196 valence electrons. The summed E-state index contributed by atoms with van der Waals surface area (Å²) >= 11 is 0. The fourth-order valence-corrected chi connectivity index (χ4v) is 4.33. The van der Waals surface area contributed by atoms with Crippen LogP contribution in [0.15, 0.2) is 97.1 Å². The minimum atomic E-state index is -0.790. The van der Waals surface area contributed by atoms with E-state index in [2.05, 4.69) is 0 Å². The monoisotopic (exact) mass is 512 g/mol. The summed E-state index contributed by atoms with van der Waals surface area (Å²) in [6.45, 7) is 6.77. The van der Waals surface area contributed by atoms with Crippen molar-refractivity contribution in [3.05, 3.63) is 119 Å². The van der Waals surface area contributed by atoms with Crippen molar-refractivity contribution < 1.29 is 30.0 Å². The number of ketones is 2. The standard InChI is InChI=1S/2C16H16O3/c2*1-11(17)16(2,12-3-7-14(18)8-4-12)13-5-9-15(19)10-6-13/h2*3-10,18-19H,1-2H3. The van der Waals surface area contributed by atoms with E-state index >= 15 is 0 Å². The first kappa shape index (κ1) is 28.0. The van der Waals surface area contributed by atoms with Crippen LogP contribution in [0.5, 0.6) is 23.0 Å². The van der Waals surface area contributed by atoms with E-state index in [0.717, 1.165) is 22.3 Å². The molecule has 0 bridgehead atoms. The van der Waals surface area contributed by atoms with Gasteiger partial charge in [-0.25, -0.2) is 0 Å². The van der Waals surface area contributed by atoms with E-state index in [-0.39, 0.29) is 34.6 Å². The molecule has 4 rings (SSSR count). The average Bonchev–Trinajstić information content (AvgIpc) is 2.89. The van der Waals surface area contributed by atoms with Crippen molar-refractivity contribution in [3.63, 3.8) is 0 Å². The molecule has 0 aliphatic carbocycles. The Morgan fingerprint density at radius 2 is 0.579 bits per heavy atom. The van der Waals surface area contributed by atoms with E-state index in [0.29, 0.717) is 0 Å². The zero-order valence-corrected chi connectivity index (χ0v) is 21.8. The number of Topliss-reactive ketones (excluding diaryl/α,β-unsaturated/α-hetero) is 2. The third-order valence-corrected chi connectivity index (χ3v) is 7.19. The zero-order chi connectivity index (χ0) is 28.1. The fourth-order valence-electron chi connectivity index (χ4n) is 4.33. The maximum absolute atomic E-state index is 12.1. The van der Waals surface area contributed by atoms with Gasteiger partial charge in [0.25, 0.3) is 0 Å². The predicted molar refractivity (Wildman–Crippen MR) is 147 cm³/mol. The molecule has 0 amide bonds. The lowest BCUT2D eigenvalue weighted by Crippen LogP contribution is -2.31. The van der Waals surface area contributed by atoms with Gasteiger partial charge in [-0.15, -0.1) is 0 Å². The van der Waals surface area contributed by atoms with Gasteiger partial charge >= 0.3 is 0 Å². The van der Waals surface area contributed by atoms with E-state index in [1.807, 2.05) is 13.8 Å². The fraction of sp³-hybridized carbons (Fsp3) is 0.188. The Kier molecular flexibility index (Phi) is 8.26. The van der Waals surface area contributed by atoms with Gasteiger partial charge in [-0.05, 0) is 98.5 Å². The van der Waals surface area contributed by atoms with Gasteiger partial charge in [0.05, 0.1) is 10.8 Å². The topological polar surface area (TPSA) is 115 Å². The molecule has 4 aromatic carbocycles. The van der Waals surface area contributed by atoms with E-state index in [4.69, 9.17) is 0 Å². The minimum Gasteiger partial charge on any atom is -0.508 e. The molecule has 38 heavy (non-hydrogen) atoms. The molecule has 0 saturated heterocycles. The quantitative estimate of drug-likeness (QED) is 0.252. The highest BCUT2D eigenvalue weighted by Crippen LogP contribution is 2.35. The van der Waals surface area contributed by atoms with Crippen LogP contribution in [0.1, 0.15) is 49.9 Å². The van der Waals surface area contributed by atoms with Gasteiger partial charge < -0.3 is 20.4 Å². The first-order valence-corrected chi connectivity index (χ1v) is 12.1. The Hall–Kier alpha value is -4.58. The van der Waals surface area contributed by atoms with E-state index < -0.39 is 10.8 Å². The molecular formula is C32H32O6. The molecule has 0 atom stereocenters. The highest BCUT2D eigenvalue weighted by molar-refractivity contribution is 5.92. The van der Waals surface area contributed by atoms with Crippen molar-refractivity contribution in [1.82, 2.24) is 0 Å². The summed E-state index contributed by atoms with van der Waals surface area (Å²) in [7, 11) is 0. The Morgan fingerprint density at radius 3 is 0.711 bits per heavy atom.